The van der Waals surface area contributed by atoms with E-state index in [4.69, 9.17) is 0 Å². The van der Waals surface area contributed by atoms with Crippen molar-refractivity contribution in [2.75, 3.05) is 26.2 Å². The van der Waals surface area contributed by atoms with Crippen molar-refractivity contribution in [3.05, 3.63) is 29.1 Å². The first-order chi connectivity index (χ1) is 17.8. The molecule has 0 radical (unpaired) electrons. The van der Waals surface area contributed by atoms with E-state index >= 15 is 0 Å². The van der Waals surface area contributed by atoms with Crippen molar-refractivity contribution in [3.8, 4) is 0 Å². The van der Waals surface area contributed by atoms with Crippen LogP contribution in [-0.2, 0) is 19.6 Å². The van der Waals surface area contributed by atoms with Gasteiger partial charge in [-0.1, -0.05) is 0 Å². The molecule has 13 heteroatoms. The lowest BCUT2D eigenvalue weighted by Crippen LogP contribution is -2.70. The Morgan fingerprint density at radius 2 is 1.61 bits per heavy atom. The summed E-state index contributed by atoms with van der Waals surface area (Å²) in [4.78, 5) is 21.2. The highest BCUT2D eigenvalue weighted by Gasteiger charge is 2.59. The number of aromatic nitrogens is 5. The Morgan fingerprint density at radius 1 is 1.00 bits per heavy atom. The number of rotatable bonds is 4. The molecule has 0 aromatic carbocycles. The monoisotopic (exact) mass is 539 g/mol. The number of alkyl halides is 5. The Bertz CT molecular complexity index is 1250. The van der Waals surface area contributed by atoms with Crippen molar-refractivity contribution in [2.24, 2.45) is 23.8 Å². The minimum absolute atomic E-state index is 0.0700. The summed E-state index contributed by atoms with van der Waals surface area (Å²) in [5.41, 5.74) is -0.0133. The van der Waals surface area contributed by atoms with E-state index in [2.05, 4.69) is 20.3 Å². The number of likely N-dealkylation sites (tertiary alicyclic amines) is 2. The van der Waals surface area contributed by atoms with Gasteiger partial charge in [0, 0.05) is 68.7 Å². The standard InChI is InChI=1S/C25H30F5N7O/c1-35-18(25(28,29)30)3-17(34-35)2-14-4-22(5-14)10-36(11-22)21(38)37-12-23(13-37)6-15(7-23)19-31-20(33-32-19)16-8-24(26,27)9-16/h3,14-16H,2,4-13H2,1H3,(H,31,32,33). The second-order valence-corrected chi connectivity index (χ2v) is 12.8. The van der Waals surface area contributed by atoms with Crippen molar-refractivity contribution >= 4 is 6.03 Å². The molecular weight excluding hydrogens is 509 g/mol. The summed E-state index contributed by atoms with van der Waals surface area (Å²) in [5, 5.41) is 11.1. The average Bonchev–Trinajstić information content (AvgIpc) is 3.31. The van der Waals surface area contributed by atoms with Gasteiger partial charge in [0.1, 0.15) is 11.5 Å². The summed E-state index contributed by atoms with van der Waals surface area (Å²) in [5.74, 6) is -1.04. The van der Waals surface area contributed by atoms with Crippen LogP contribution in [0.2, 0.25) is 0 Å². The summed E-state index contributed by atoms with van der Waals surface area (Å²) < 4.78 is 66.2. The largest absolute Gasteiger partial charge is 0.433 e. The molecule has 7 rings (SSSR count). The maximum Gasteiger partial charge on any atom is 0.433 e. The molecule has 2 spiro atoms. The summed E-state index contributed by atoms with van der Waals surface area (Å²) in [6.45, 7) is 2.88. The SMILES string of the molecule is Cn1nc(CC2CC3(C2)CN(C(=O)N2CC4(CC(c5nc(C6CC(F)(F)C6)n[nH]5)C4)C2)C3)cc1C(F)(F)F. The fraction of sp³-hybridized carbons (Fsp3) is 0.760. The van der Waals surface area contributed by atoms with E-state index in [9.17, 15) is 26.7 Å². The number of nitrogens with one attached hydrogen (secondary N) is 1. The average molecular weight is 540 g/mol. The van der Waals surface area contributed by atoms with Crippen LogP contribution in [0.4, 0.5) is 26.7 Å². The number of hydrogen-bond acceptors (Lipinski definition) is 4. The molecule has 206 valence electrons. The number of urea groups is 1. The third-order valence-electron chi connectivity index (χ3n) is 9.53. The second kappa shape index (κ2) is 7.68. The third-order valence-corrected chi connectivity index (χ3v) is 9.53. The molecule has 0 atom stereocenters. The number of hydrogen-bond donors (Lipinski definition) is 1. The quantitative estimate of drug-likeness (QED) is 0.587. The fourth-order valence-corrected chi connectivity index (χ4v) is 7.69. The van der Waals surface area contributed by atoms with E-state index in [0.29, 0.717) is 36.9 Å². The molecule has 38 heavy (non-hydrogen) atoms. The molecule has 8 nitrogen and oxygen atoms in total. The number of nitrogens with zero attached hydrogens (tertiary/aromatic N) is 6. The van der Waals surface area contributed by atoms with Gasteiger partial charge in [0.15, 0.2) is 5.82 Å². The lowest BCUT2D eigenvalue weighted by atomic mass is 9.56. The van der Waals surface area contributed by atoms with Crippen LogP contribution in [0.25, 0.3) is 0 Å². The first kappa shape index (κ1) is 24.3. The third kappa shape index (κ3) is 3.90. The van der Waals surface area contributed by atoms with Crippen LogP contribution in [0.15, 0.2) is 6.07 Å². The van der Waals surface area contributed by atoms with Crippen molar-refractivity contribution in [1.82, 2.24) is 34.8 Å². The summed E-state index contributed by atoms with van der Waals surface area (Å²) in [7, 11) is 1.32. The van der Waals surface area contributed by atoms with E-state index < -0.39 is 17.8 Å². The molecule has 2 amide bonds. The predicted octanol–water partition coefficient (Wildman–Crippen LogP) is 4.32. The number of carbonyl (C=O) groups is 1. The molecule has 5 fully saturated rings. The number of carbonyl (C=O) groups excluding carboxylic acids is 1. The molecule has 3 saturated carbocycles. The maximum absolute atomic E-state index is 13.1. The highest BCUT2D eigenvalue weighted by molar-refractivity contribution is 5.77. The van der Waals surface area contributed by atoms with E-state index in [1.807, 2.05) is 9.80 Å². The van der Waals surface area contributed by atoms with E-state index in [1.165, 1.54) is 7.05 Å². The Hall–Kier alpha value is -2.73. The summed E-state index contributed by atoms with van der Waals surface area (Å²) >= 11 is 0. The molecule has 4 heterocycles. The second-order valence-electron chi connectivity index (χ2n) is 12.8. The smallest absolute Gasteiger partial charge is 0.323 e. The van der Waals surface area contributed by atoms with E-state index in [-0.39, 0.29) is 41.5 Å². The molecular formula is C25H30F5N7O. The number of H-pyrrole nitrogens is 1. The molecule has 2 aromatic rings. The topological polar surface area (TPSA) is 82.9 Å². The van der Waals surface area contributed by atoms with Crippen LogP contribution in [0, 0.1) is 16.7 Å². The predicted molar refractivity (Wildman–Crippen MR) is 123 cm³/mol. The zero-order valence-corrected chi connectivity index (χ0v) is 21.1. The molecule has 3 aliphatic carbocycles. The van der Waals surface area contributed by atoms with Crippen molar-refractivity contribution in [2.45, 2.75) is 68.9 Å². The normalized spacial score (nSPS) is 26.1. The first-order valence-electron chi connectivity index (χ1n) is 13.3. The van der Waals surface area contributed by atoms with Gasteiger partial charge in [-0.2, -0.15) is 23.4 Å². The van der Waals surface area contributed by atoms with Crippen LogP contribution in [0.1, 0.15) is 73.4 Å². The number of aromatic amines is 1. The van der Waals surface area contributed by atoms with Gasteiger partial charge in [-0.15, -0.1) is 0 Å². The lowest BCUT2D eigenvalue weighted by Gasteiger charge is -2.63. The summed E-state index contributed by atoms with van der Waals surface area (Å²) in [6, 6.07) is 1.21. The van der Waals surface area contributed by atoms with Gasteiger partial charge in [0.25, 0.3) is 0 Å². The van der Waals surface area contributed by atoms with Gasteiger partial charge in [0.05, 0.1) is 5.69 Å². The van der Waals surface area contributed by atoms with Crippen LogP contribution in [0.5, 0.6) is 0 Å². The highest BCUT2D eigenvalue weighted by Crippen LogP contribution is 2.57. The van der Waals surface area contributed by atoms with Gasteiger partial charge in [-0.3, -0.25) is 9.78 Å². The van der Waals surface area contributed by atoms with Crippen molar-refractivity contribution in [1.29, 1.82) is 0 Å². The van der Waals surface area contributed by atoms with Crippen LogP contribution < -0.4 is 0 Å². The minimum atomic E-state index is -4.40. The van der Waals surface area contributed by atoms with Crippen molar-refractivity contribution in [3.63, 3.8) is 0 Å². The van der Waals surface area contributed by atoms with Crippen LogP contribution in [0.3, 0.4) is 0 Å². The zero-order chi connectivity index (χ0) is 26.7. The Labute approximate surface area is 215 Å². The molecule has 5 aliphatic rings. The van der Waals surface area contributed by atoms with Gasteiger partial charge in [0.2, 0.25) is 5.92 Å². The van der Waals surface area contributed by atoms with Crippen molar-refractivity contribution < 1.29 is 26.7 Å². The Morgan fingerprint density at radius 3 is 2.16 bits per heavy atom. The maximum atomic E-state index is 13.1. The molecule has 2 aliphatic heterocycles. The van der Waals surface area contributed by atoms with Gasteiger partial charge >= 0.3 is 12.2 Å². The minimum Gasteiger partial charge on any atom is -0.323 e. The molecule has 2 aromatic heterocycles. The Balaban J connectivity index is 0.837. The zero-order valence-electron chi connectivity index (χ0n) is 21.1. The lowest BCUT2D eigenvalue weighted by molar-refractivity contribution is -0.143. The summed E-state index contributed by atoms with van der Waals surface area (Å²) in [6.07, 6.45) is -0.555. The fourth-order valence-electron chi connectivity index (χ4n) is 7.69. The molecule has 1 N–H and O–H groups in total. The van der Waals surface area contributed by atoms with Gasteiger partial charge in [-0.25, -0.2) is 18.6 Å². The number of amides is 2. The highest BCUT2D eigenvalue weighted by atomic mass is 19.4. The molecule has 0 unspecified atom stereocenters. The first-order valence-corrected chi connectivity index (χ1v) is 13.3. The Kier molecular flexibility index (Phi) is 4.92. The molecule has 0 bridgehead atoms. The van der Waals surface area contributed by atoms with Gasteiger partial charge < -0.3 is 9.80 Å². The van der Waals surface area contributed by atoms with Gasteiger partial charge in [-0.05, 0) is 44.1 Å². The van der Waals surface area contributed by atoms with E-state index in [0.717, 1.165) is 55.3 Å². The van der Waals surface area contributed by atoms with Crippen LogP contribution in [-0.4, -0.2) is 72.9 Å². The number of aryl methyl sites for hydroxylation is 1. The molecule has 2 saturated heterocycles. The number of halogens is 5. The van der Waals surface area contributed by atoms with Crippen LogP contribution >= 0.6 is 0 Å². The van der Waals surface area contributed by atoms with E-state index in [1.54, 1.807) is 0 Å².